The van der Waals surface area contributed by atoms with Crippen molar-refractivity contribution >= 4 is 0 Å². The van der Waals surface area contributed by atoms with Crippen molar-refractivity contribution in [2.75, 3.05) is 0 Å². The fraction of sp³-hybridized carbons (Fsp3) is 0.400. The van der Waals surface area contributed by atoms with Crippen LogP contribution in [-0.2, 0) is 0 Å². The van der Waals surface area contributed by atoms with Crippen LogP contribution < -0.4 is 5.73 Å². The number of rotatable bonds is 5. The summed E-state index contributed by atoms with van der Waals surface area (Å²) in [6.07, 6.45) is 3.29. The van der Waals surface area contributed by atoms with Crippen molar-refractivity contribution in [3.05, 3.63) is 41.9 Å². The summed E-state index contributed by atoms with van der Waals surface area (Å²) in [5, 5.41) is 0. The molecule has 1 aromatic carbocycles. The molecule has 18 heavy (non-hydrogen) atoms. The quantitative estimate of drug-likeness (QED) is 0.843. The van der Waals surface area contributed by atoms with Crippen molar-refractivity contribution in [2.45, 2.75) is 39.2 Å². The summed E-state index contributed by atoms with van der Waals surface area (Å²) in [6.45, 7) is 4.22. The Labute approximate surface area is 108 Å². The van der Waals surface area contributed by atoms with E-state index in [0.717, 1.165) is 35.6 Å². The summed E-state index contributed by atoms with van der Waals surface area (Å²) in [4.78, 5) is 7.97. The molecule has 3 N–H and O–H groups in total. The smallest absolute Gasteiger partial charge is 0.123 e. The van der Waals surface area contributed by atoms with Gasteiger partial charge in [-0.05, 0) is 13.3 Å². The third-order valence-electron chi connectivity index (χ3n) is 3.17. The lowest BCUT2D eigenvalue weighted by molar-refractivity contribution is 0.579. The number of hydrogen-bond donors (Lipinski definition) is 2. The molecule has 1 aromatic heterocycles. The molecule has 1 heterocycles. The highest BCUT2D eigenvalue weighted by Gasteiger charge is 2.13. The van der Waals surface area contributed by atoms with E-state index < -0.39 is 0 Å². The zero-order valence-corrected chi connectivity index (χ0v) is 11.1. The van der Waals surface area contributed by atoms with Crippen LogP contribution in [0.15, 0.2) is 30.3 Å². The second kappa shape index (κ2) is 5.83. The van der Waals surface area contributed by atoms with Gasteiger partial charge in [0.15, 0.2) is 0 Å². The molecule has 96 valence electrons. The Morgan fingerprint density at radius 3 is 2.67 bits per heavy atom. The molecule has 0 saturated heterocycles. The van der Waals surface area contributed by atoms with Gasteiger partial charge in [0.05, 0.1) is 11.7 Å². The van der Waals surface area contributed by atoms with Gasteiger partial charge in [-0.1, -0.05) is 50.1 Å². The maximum Gasteiger partial charge on any atom is 0.123 e. The monoisotopic (exact) mass is 243 g/mol. The zero-order valence-electron chi connectivity index (χ0n) is 11.1. The zero-order chi connectivity index (χ0) is 13.0. The number of aryl methyl sites for hydroxylation is 1. The first-order valence-corrected chi connectivity index (χ1v) is 6.60. The number of unbranched alkanes of at least 4 members (excludes halogenated alkanes) is 1. The van der Waals surface area contributed by atoms with Crippen LogP contribution in [0.1, 0.15) is 43.7 Å². The van der Waals surface area contributed by atoms with Crippen LogP contribution in [0.25, 0.3) is 11.3 Å². The van der Waals surface area contributed by atoms with Crippen molar-refractivity contribution in [3.8, 4) is 11.3 Å². The summed E-state index contributed by atoms with van der Waals surface area (Å²) in [5.74, 6) is 0.903. The summed E-state index contributed by atoms with van der Waals surface area (Å²) in [7, 11) is 0. The Morgan fingerprint density at radius 2 is 2.00 bits per heavy atom. The van der Waals surface area contributed by atoms with Crippen LogP contribution in [0, 0.1) is 6.92 Å². The molecular formula is C15H21N3. The van der Waals surface area contributed by atoms with Gasteiger partial charge in [0, 0.05) is 11.3 Å². The summed E-state index contributed by atoms with van der Waals surface area (Å²) in [6, 6.07) is 10.2. The SMILES string of the molecule is CCCCC(N)c1nc(-c2ccccc2)c(C)[nH]1. The maximum absolute atomic E-state index is 6.15. The molecule has 0 aliphatic rings. The molecule has 0 aliphatic carbocycles. The van der Waals surface area contributed by atoms with Crippen molar-refractivity contribution in [1.29, 1.82) is 0 Å². The number of nitrogens with zero attached hydrogens (tertiary/aromatic N) is 1. The van der Waals surface area contributed by atoms with Gasteiger partial charge in [-0.3, -0.25) is 0 Å². The summed E-state index contributed by atoms with van der Waals surface area (Å²) < 4.78 is 0. The van der Waals surface area contributed by atoms with Gasteiger partial charge >= 0.3 is 0 Å². The molecule has 1 atom stereocenters. The Kier molecular flexibility index (Phi) is 4.15. The fourth-order valence-electron chi connectivity index (χ4n) is 2.10. The second-order valence-corrected chi connectivity index (χ2v) is 4.71. The molecule has 0 aliphatic heterocycles. The highest BCUT2D eigenvalue weighted by Crippen LogP contribution is 2.23. The second-order valence-electron chi connectivity index (χ2n) is 4.71. The maximum atomic E-state index is 6.15. The van der Waals surface area contributed by atoms with E-state index in [1.807, 2.05) is 25.1 Å². The van der Waals surface area contributed by atoms with Gasteiger partial charge in [-0.2, -0.15) is 0 Å². The van der Waals surface area contributed by atoms with E-state index in [4.69, 9.17) is 5.73 Å². The molecule has 0 bridgehead atoms. The predicted octanol–water partition coefficient (Wildman–Crippen LogP) is 3.58. The lowest BCUT2D eigenvalue weighted by Gasteiger charge is -2.06. The fourth-order valence-corrected chi connectivity index (χ4v) is 2.10. The van der Waals surface area contributed by atoms with E-state index in [9.17, 15) is 0 Å². The number of nitrogens with two attached hydrogens (primary N) is 1. The average Bonchev–Trinajstić information content (AvgIpc) is 2.79. The highest BCUT2D eigenvalue weighted by atomic mass is 15.0. The third kappa shape index (κ3) is 2.79. The number of aromatic amines is 1. The molecule has 0 amide bonds. The van der Waals surface area contributed by atoms with E-state index in [2.05, 4.69) is 29.0 Å². The van der Waals surface area contributed by atoms with Gasteiger partial charge in [-0.15, -0.1) is 0 Å². The summed E-state index contributed by atoms with van der Waals surface area (Å²) in [5.41, 5.74) is 9.38. The highest BCUT2D eigenvalue weighted by molar-refractivity contribution is 5.61. The molecular weight excluding hydrogens is 222 g/mol. The standard InChI is InChI=1S/C15H21N3/c1-3-4-10-13(16)15-17-11(2)14(18-15)12-8-6-5-7-9-12/h5-9,13H,3-4,10,16H2,1-2H3,(H,17,18). The van der Waals surface area contributed by atoms with Crippen LogP contribution in [0.3, 0.4) is 0 Å². The van der Waals surface area contributed by atoms with Crippen molar-refractivity contribution in [1.82, 2.24) is 9.97 Å². The predicted molar refractivity (Wildman–Crippen MR) is 75.2 cm³/mol. The van der Waals surface area contributed by atoms with E-state index in [1.165, 1.54) is 6.42 Å². The minimum absolute atomic E-state index is 0.0149. The first-order valence-electron chi connectivity index (χ1n) is 6.60. The summed E-state index contributed by atoms with van der Waals surface area (Å²) >= 11 is 0. The topological polar surface area (TPSA) is 54.7 Å². The van der Waals surface area contributed by atoms with Gasteiger partial charge in [-0.25, -0.2) is 4.98 Å². The van der Waals surface area contributed by atoms with Crippen molar-refractivity contribution < 1.29 is 0 Å². The van der Waals surface area contributed by atoms with Gasteiger partial charge < -0.3 is 10.7 Å². The molecule has 0 radical (unpaired) electrons. The Bertz CT molecular complexity index is 488. The van der Waals surface area contributed by atoms with E-state index >= 15 is 0 Å². The molecule has 3 heteroatoms. The molecule has 0 saturated carbocycles. The third-order valence-corrected chi connectivity index (χ3v) is 3.17. The average molecular weight is 243 g/mol. The first kappa shape index (κ1) is 12.8. The van der Waals surface area contributed by atoms with Crippen LogP contribution in [0.4, 0.5) is 0 Å². The molecule has 0 spiro atoms. The number of hydrogen-bond acceptors (Lipinski definition) is 2. The Balaban J connectivity index is 2.22. The van der Waals surface area contributed by atoms with Crippen LogP contribution in [0.2, 0.25) is 0 Å². The molecule has 2 rings (SSSR count). The van der Waals surface area contributed by atoms with E-state index in [0.29, 0.717) is 0 Å². The Hall–Kier alpha value is -1.61. The van der Waals surface area contributed by atoms with Crippen LogP contribution in [-0.4, -0.2) is 9.97 Å². The molecule has 2 aromatic rings. The molecule has 0 fully saturated rings. The van der Waals surface area contributed by atoms with Crippen LogP contribution >= 0.6 is 0 Å². The first-order chi connectivity index (χ1) is 8.72. The van der Waals surface area contributed by atoms with Gasteiger partial charge in [0.25, 0.3) is 0 Å². The van der Waals surface area contributed by atoms with Gasteiger partial charge in [0.2, 0.25) is 0 Å². The number of benzene rings is 1. The molecule has 1 unspecified atom stereocenters. The van der Waals surface area contributed by atoms with Crippen LogP contribution in [0.5, 0.6) is 0 Å². The number of aromatic nitrogens is 2. The lowest BCUT2D eigenvalue weighted by atomic mass is 10.1. The minimum atomic E-state index is 0.0149. The lowest BCUT2D eigenvalue weighted by Crippen LogP contribution is -2.11. The Morgan fingerprint density at radius 1 is 1.28 bits per heavy atom. The van der Waals surface area contributed by atoms with Crippen molar-refractivity contribution in [3.63, 3.8) is 0 Å². The normalized spacial score (nSPS) is 12.6. The number of nitrogens with one attached hydrogen (secondary N) is 1. The number of H-pyrrole nitrogens is 1. The minimum Gasteiger partial charge on any atom is -0.344 e. The number of imidazole rings is 1. The van der Waals surface area contributed by atoms with Crippen molar-refractivity contribution in [2.24, 2.45) is 5.73 Å². The van der Waals surface area contributed by atoms with E-state index in [1.54, 1.807) is 0 Å². The molecule has 3 nitrogen and oxygen atoms in total. The largest absolute Gasteiger partial charge is 0.344 e. The van der Waals surface area contributed by atoms with E-state index in [-0.39, 0.29) is 6.04 Å². The van der Waals surface area contributed by atoms with Gasteiger partial charge in [0.1, 0.15) is 5.82 Å².